The molecule has 3 rings (SSSR count). The molecule has 0 bridgehead atoms. The molecule has 0 saturated carbocycles. The molecule has 0 amide bonds. The van der Waals surface area contributed by atoms with E-state index in [1.54, 1.807) is 7.11 Å². The highest BCUT2D eigenvalue weighted by atomic mass is 16.5. The summed E-state index contributed by atoms with van der Waals surface area (Å²) in [7, 11) is 1.69. The van der Waals surface area contributed by atoms with Crippen molar-refractivity contribution in [1.29, 1.82) is 0 Å². The normalized spacial score (nSPS) is 15.2. The minimum absolute atomic E-state index is 0.581. The highest BCUT2D eigenvalue weighted by Gasteiger charge is 2.16. The predicted molar refractivity (Wildman–Crippen MR) is 123 cm³/mol. The van der Waals surface area contributed by atoms with Crippen molar-refractivity contribution in [2.45, 2.75) is 26.9 Å². The van der Waals surface area contributed by atoms with Crippen LogP contribution in [0.15, 0.2) is 47.6 Å². The highest BCUT2D eigenvalue weighted by Crippen LogP contribution is 2.17. The first-order valence-corrected chi connectivity index (χ1v) is 10.8. The molecule has 0 spiro atoms. The molecule has 1 aliphatic rings. The van der Waals surface area contributed by atoms with Crippen LogP contribution in [0.4, 0.5) is 5.82 Å². The van der Waals surface area contributed by atoms with Crippen molar-refractivity contribution >= 4 is 11.8 Å². The second-order valence-electron chi connectivity index (χ2n) is 7.31. The van der Waals surface area contributed by atoms with Gasteiger partial charge in [-0.05, 0) is 31.2 Å². The number of para-hydroxylation sites is 1. The van der Waals surface area contributed by atoms with Gasteiger partial charge in [-0.2, -0.15) is 0 Å². The van der Waals surface area contributed by atoms with Crippen LogP contribution < -0.4 is 20.3 Å². The van der Waals surface area contributed by atoms with E-state index in [0.717, 1.165) is 67.9 Å². The van der Waals surface area contributed by atoms with E-state index in [1.807, 2.05) is 24.4 Å². The Morgan fingerprint density at radius 1 is 1.07 bits per heavy atom. The molecule has 162 valence electrons. The number of nitrogens with one attached hydrogen (secondary N) is 2. The van der Waals surface area contributed by atoms with Gasteiger partial charge in [-0.3, -0.25) is 0 Å². The molecule has 1 fully saturated rings. The number of benzene rings is 1. The number of pyridine rings is 1. The van der Waals surface area contributed by atoms with Crippen LogP contribution in [0.5, 0.6) is 5.75 Å². The molecule has 30 heavy (non-hydrogen) atoms. The number of aromatic nitrogens is 1. The van der Waals surface area contributed by atoms with E-state index >= 15 is 0 Å². The molecule has 1 aromatic heterocycles. The van der Waals surface area contributed by atoms with E-state index in [1.165, 1.54) is 0 Å². The fraction of sp³-hybridized carbons (Fsp3) is 0.478. The molecular weight excluding hydrogens is 376 g/mol. The molecular formula is C23H34N6O. The van der Waals surface area contributed by atoms with Gasteiger partial charge in [0, 0.05) is 51.0 Å². The van der Waals surface area contributed by atoms with Crippen molar-refractivity contribution < 1.29 is 4.74 Å². The third-order valence-electron chi connectivity index (χ3n) is 5.36. The lowest BCUT2D eigenvalue weighted by atomic mass is 10.2. The van der Waals surface area contributed by atoms with Crippen molar-refractivity contribution in [2.75, 3.05) is 51.3 Å². The van der Waals surface area contributed by atoms with Crippen LogP contribution in [0.25, 0.3) is 0 Å². The standard InChI is InChI=1S/C23H34N6O/c1-4-24-23(27-18-20-8-6-7-9-21(20)30-3)26-17-19-10-11-22(25-16-19)29-14-12-28(5-2)13-15-29/h6-11,16H,4-5,12-15,17-18H2,1-3H3,(H2,24,26,27). The number of methoxy groups -OCH3 is 1. The first-order chi connectivity index (χ1) is 14.7. The number of hydrogen-bond donors (Lipinski definition) is 2. The van der Waals surface area contributed by atoms with Gasteiger partial charge in [0.1, 0.15) is 11.6 Å². The van der Waals surface area contributed by atoms with E-state index in [2.05, 4.69) is 57.5 Å². The second-order valence-corrected chi connectivity index (χ2v) is 7.31. The van der Waals surface area contributed by atoms with Crippen LogP contribution in [-0.2, 0) is 13.1 Å². The van der Waals surface area contributed by atoms with Gasteiger partial charge in [0.25, 0.3) is 0 Å². The fourth-order valence-electron chi connectivity index (χ4n) is 3.53. The monoisotopic (exact) mass is 410 g/mol. The Bertz CT molecular complexity index is 800. The van der Waals surface area contributed by atoms with Gasteiger partial charge >= 0.3 is 0 Å². The van der Waals surface area contributed by atoms with Crippen molar-refractivity contribution in [3.63, 3.8) is 0 Å². The van der Waals surface area contributed by atoms with Crippen molar-refractivity contribution in [3.05, 3.63) is 53.7 Å². The van der Waals surface area contributed by atoms with Gasteiger partial charge in [-0.1, -0.05) is 31.2 Å². The van der Waals surface area contributed by atoms with Gasteiger partial charge in [0.05, 0.1) is 13.7 Å². The van der Waals surface area contributed by atoms with E-state index in [4.69, 9.17) is 9.73 Å². The lowest BCUT2D eigenvalue weighted by Gasteiger charge is -2.34. The molecule has 7 nitrogen and oxygen atoms in total. The Kier molecular flexibility index (Phi) is 8.32. The Balaban J connectivity index is 1.56. The Morgan fingerprint density at radius 2 is 1.87 bits per heavy atom. The van der Waals surface area contributed by atoms with Crippen LogP contribution >= 0.6 is 0 Å². The van der Waals surface area contributed by atoms with E-state index in [-0.39, 0.29) is 0 Å². The molecule has 0 atom stereocenters. The Labute approximate surface area is 180 Å². The van der Waals surface area contributed by atoms with Gasteiger partial charge in [0.15, 0.2) is 5.96 Å². The summed E-state index contributed by atoms with van der Waals surface area (Å²) in [6.45, 7) is 11.7. The summed E-state index contributed by atoms with van der Waals surface area (Å²) >= 11 is 0. The topological polar surface area (TPSA) is 65.0 Å². The van der Waals surface area contributed by atoms with Crippen LogP contribution in [-0.4, -0.2) is 62.2 Å². The summed E-state index contributed by atoms with van der Waals surface area (Å²) in [4.78, 5) is 14.2. The maximum atomic E-state index is 5.43. The first kappa shape index (κ1) is 21.9. The van der Waals surface area contributed by atoms with Crippen LogP contribution in [0.2, 0.25) is 0 Å². The summed E-state index contributed by atoms with van der Waals surface area (Å²) in [5, 5.41) is 6.68. The number of rotatable bonds is 8. The van der Waals surface area contributed by atoms with Crippen LogP contribution in [0.3, 0.4) is 0 Å². The summed E-state index contributed by atoms with van der Waals surface area (Å²) in [6.07, 6.45) is 1.94. The SMILES string of the molecule is CCNC(=NCc1ccc(N2CCN(CC)CC2)nc1)NCc1ccccc1OC. The smallest absolute Gasteiger partial charge is 0.191 e. The molecule has 2 aromatic rings. The van der Waals surface area contributed by atoms with Crippen molar-refractivity contribution in [3.8, 4) is 5.75 Å². The van der Waals surface area contributed by atoms with Gasteiger partial charge in [-0.25, -0.2) is 9.98 Å². The van der Waals surface area contributed by atoms with Gasteiger partial charge < -0.3 is 25.2 Å². The third-order valence-corrected chi connectivity index (χ3v) is 5.36. The first-order valence-electron chi connectivity index (χ1n) is 10.8. The molecule has 0 aliphatic carbocycles. The zero-order valence-electron chi connectivity index (χ0n) is 18.4. The second kappa shape index (κ2) is 11.4. The van der Waals surface area contributed by atoms with E-state index in [9.17, 15) is 0 Å². The molecule has 2 N–H and O–H groups in total. The number of piperazine rings is 1. The molecule has 1 aromatic carbocycles. The lowest BCUT2D eigenvalue weighted by molar-refractivity contribution is 0.270. The number of nitrogens with zero attached hydrogens (tertiary/aromatic N) is 4. The maximum Gasteiger partial charge on any atom is 0.191 e. The Hall–Kier alpha value is -2.80. The average Bonchev–Trinajstić information content (AvgIpc) is 2.81. The summed E-state index contributed by atoms with van der Waals surface area (Å²) in [5.41, 5.74) is 2.19. The van der Waals surface area contributed by atoms with Gasteiger partial charge in [0.2, 0.25) is 0 Å². The zero-order chi connectivity index (χ0) is 21.2. The number of aliphatic imine (C=N–C) groups is 1. The predicted octanol–water partition coefficient (Wildman–Crippen LogP) is 2.49. The molecule has 0 unspecified atom stereocenters. The average molecular weight is 411 g/mol. The number of anilines is 1. The number of guanidine groups is 1. The molecule has 1 aliphatic heterocycles. The zero-order valence-corrected chi connectivity index (χ0v) is 18.4. The lowest BCUT2D eigenvalue weighted by Crippen LogP contribution is -2.46. The Morgan fingerprint density at radius 3 is 2.53 bits per heavy atom. The minimum atomic E-state index is 0.581. The number of ether oxygens (including phenoxy) is 1. The molecule has 2 heterocycles. The minimum Gasteiger partial charge on any atom is -0.496 e. The highest BCUT2D eigenvalue weighted by molar-refractivity contribution is 5.79. The van der Waals surface area contributed by atoms with E-state index < -0.39 is 0 Å². The summed E-state index contributed by atoms with van der Waals surface area (Å²) in [5.74, 6) is 2.71. The summed E-state index contributed by atoms with van der Waals surface area (Å²) in [6, 6.07) is 12.2. The van der Waals surface area contributed by atoms with Crippen molar-refractivity contribution in [1.82, 2.24) is 20.5 Å². The van der Waals surface area contributed by atoms with Crippen LogP contribution in [0, 0.1) is 0 Å². The number of likely N-dealkylation sites (N-methyl/N-ethyl adjacent to an activating group) is 1. The molecule has 7 heteroatoms. The summed E-state index contributed by atoms with van der Waals surface area (Å²) < 4.78 is 5.43. The fourth-order valence-corrected chi connectivity index (χ4v) is 3.53. The third kappa shape index (κ3) is 6.10. The number of hydrogen-bond acceptors (Lipinski definition) is 5. The van der Waals surface area contributed by atoms with Gasteiger partial charge in [-0.15, -0.1) is 0 Å². The largest absolute Gasteiger partial charge is 0.496 e. The van der Waals surface area contributed by atoms with Crippen LogP contribution in [0.1, 0.15) is 25.0 Å². The van der Waals surface area contributed by atoms with Crippen molar-refractivity contribution in [2.24, 2.45) is 4.99 Å². The molecule has 1 saturated heterocycles. The molecule has 0 radical (unpaired) electrons. The maximum absolute atomic E-state index is 5.43. The quantitative estimate of drug-likeness (QED) is 0.515. The van der Waals surface area contributed by atoms with E-state index in [0.29, 0.717) is 13.1 Å².